The highest BCUT2D eigenvalue weighted by Gasteiger charge is 2.59. The molecule has 7 nitrogen and oxygen atoms in total. The lowest BCUT2D eigenvalue weighted by atomic mass is 9.47. The highest BCUT2D eigenvalue weighted by atomic mass is 16.2. The summed E-state index contributed by atoms with van der Waals surface area (Å²) in [4.78, 5) is 42.9. The van der Waals surface area contributed by atoms with Gasteiger partial charge >= 0.3 is 0 Å². The first-order valence-corrected chi connectivity index (χ1v) is 11.1. The summed E-state index contributed by atoms with van der Waals surface area (Å²) in [5, 5.41) is 6.57. The molecular weight excluding hydrogens is 380 g/mol. The Morgan fingerprint density at radius 3 is 2.53 bits per heavy atom. The molecule has 2 heterocycles. The van der Waals surface area contributed by atoms with E-state index in [-0.39, 0.29) is 29.1 Å². The maximum absolute atomic E-state index is 13.5. The molecule has 1 aromatic heterocycles. The van der Waals surface area contributed by atoms with Crippen LogP contribution in [-0.2, 0) is 9.59 Å². The number of pyridine rings is 1. The van der Waals surface area contributed by atoms with Crippen molar-refractivity contribution in [2.75, 3.05) is 6.54 Å². The summed E-state index contributed by atoms with van der Waals surface area (Å²) in [6.07, 6.45) is 6.81. The van der Waals surface area contributed by atoms with Gasteiger partial charge in [0.2, 0.25) is 11.8 Å². The molecule has 4 N–H and O–H groups in total. The maximum Gasteiger partial charge on any atom is 0.228 e. The van der Waals surface area contributed by atoms with Crippen molar-refractivity contribution in [2.45, 2.75) is 57.5 Å². The predicted molar refractivity (Wildman–Crippen MR) is 110 cm³/mol. The summed E-state index contributed by atoms with van der Waals surface area (Å²) in [6, 6.07) is 4.75. The SMILES string of the molecule is CC1(C(=O)NC2C3CC4CC2CC(C(N)=O)(C4)C3)CCNC1C(=O)c1ccccn1. The molecule has 4 unspecified atom stereocenters. The number of hydrogen-bond donors (Lipinski definition) is 3. The quantitative estimate of drug-likeness (QED) is 0.636. The van der Waals surface area contributed by atoms with Crippen LogP contribution in [0.15, 0.2) is 24.4 Å². The third kappa shape index (κ3) is 2.89. The Kier molecular flexibility index (Phi) is 4.51. The fourth-order valence-electron chi connectivity index (χ4n) is 7.01. The van der Waals surface area contributed by atoms with Gasteiger partial charge < -0.3 is 16.4 Å². The Hall–Kier alpha value is -2.28. The van der Waals surface area contributed by atoms with Gasteiger partial charge in [-0.15, -0.1) is 0 Å². The molecule has 6 rings (SSSR count). The molecule has 4 atom stereocenters. The Morgan fingerprint density at radius 1 is 1.17 bits per heavy atom. The summed E-state index contributed by atoms with van der Waals surface area (Å²) in [6.45, 7) is 2.51. The van der Waals surface area contributed by atoms with Crippen LogP contribution in [0.25, 0.3) is 0 Å². The first-order chi connectivity index (χ1) is 14.3. The van der Waals surface area contributed by atoms with Crippen molar-refractivity contribution >= 4 is 17.6 Å². The number of aromatic nitrogens is 1. The molecule has 0 radical (unpaired) electrons. The topological polar surface area (TPSA) is 114 Å². The van der Waals surface area contributed by atoms with Crippen LogP contribution in [0.2, 0.25) is 0 Å². The van der Waals surface area contributed by atoms with Crippen LogP contribution in [-0.4, -0.2) is 41.2 Å². The van der Waals surface area contributed by atoms with E-state index in [4.69, 9.17) is 5.73 Å². The van der Waals surface area contributed by atoms with Crippen molar-refractivity contribution in [3.8, 4) is 0 Å². The molecule has 4 saturated carbocycles. The molecule has 4 bridgehead atoms. The second-order valence-electron chi connectivity index (χ2n) is 10.2. The first kappa shape index (κ1) is 19.7. The summed E-state index contributed by atoms with van der Waals surface area (Å²) in [5.41, 5.74) is 4.99. The summed E-state index contributed by atoms with van der Waals surface area (Å²) in [7, 11) is 0. The maximum atomic E-state index is 13.5. The molecule has 1 aliphatic heterocycles. The molecule has 1 saturated heterocycles. The largest absolute Gasteiger partial charge is 0.369 e. The van der Waals surface area contributed by atoms with Gasteiger partial charge in [0.25, 0.3) is 0 Å². The Balaban J connectivity index is 1.34. The van der Waals surface area contributed by atoms with Crippen molar-refractivity contribution in [2.24, 2.45) is 34.3 Å². The minimum absolute atomic E-state index is 0.0626. The zero-order chi connectivity index (χ0) is 21.1. The van der Waals surface area contributed by atoms with Gasteiger partial charge in [-0.1, -0.05) is 6.07 Å². The van der Waals surface area contributed by atoms with E-state index in [1.54, 1.807) is 24.4 Å². The monoisotopic (exact) mass is 410 g/mol. The van der Waals surface area contributed by atoms with Crippen LogP contribution < -0.4 is 16.4 Å². The van der Waals surface area contributed by atoms with Crippen LogP contribution >= 0.6 is 0 Å². The van der Waals surface area contributed by atoms with Crippen LogP contribution in [0.4, 0.5) is 0 Å². The second-order valence-corrected chi connectivity index (χ2v) is 10.2. The average Bonchev–Trinajstić information content (AvgIpc) is 3.13. The fraction of sp³-hybridized carbons (Fsp3) is 0.652. The summed E-state index contributed by atoms with van der Waals surface area (Å²) < 4.78 is 0. The molecule has 0 spiro atoms. The van der Waals surface area contributed by atoms with E-state index in [2.05, 4.69) is 15.6 Å². The number of amides is 2. The van der Waals surface area contributed by atoms with E-state index in [9.17, 15) is 14.4 Å². The molecule has 2 amide bonds. The Morgan fingerprint density at radius 2 is 1.90 bits per heavy atom. The summed E-state index contributed by atoms with van der Waals surface area (Å²) in [5.74, 6) is 0.784. The standard InChI is InChI=1S/C23H30N4O3/c1-22(5-7-26-19(22)18(28)16-4-2-3-6-25-16)21(30)27-17-14-8-13-9-15(17)12-23(10-13,11-14)20(24)29/h2-4,6,13-15,17,19,26H,5,7-12H2,1H3,(H2,24,29)(H,27,30). The fourth-order valence-corrected chi connectivity index (χ4v) is 7.01. The lowest BCUT2D eigenvalue weighted by molar-refractivity contribution is -0.149. The minimum Gasteiger partial charge on any atom is -0.369 e. The zero-order valence-electron chi connectivity index (χ0n) is 17.4. The molecule has 5 aliphatic rings. The third-order valence-electron chi connectivity index (χ3n) is 8.42. The smallest absolute Gasteiger partial charge is 0.228 e. The zero-order valence-corrected chi connectivity index (χ0v) is 17.4. The molecule has 30 heavy (non-hydrogen) atoms. The van der Waals surface area contributed by atoms with Crippen molar-refractivity contribution in [1.29, 1.82) is 0 Å². The van der Waals surface area contributed by atoms with Gasteiger partial charge in [-0.3, -0.25) is 19.4 Å². The molecular formula is C23H30N4O3. The number of Topliss-reactive ketones (excluding diaryl/α,β-unsaturated/α-hetero) is 1. The number of carbonyl (C=O) groups is 3. The molecule has 0 aromatic carbocycles. The Labute approximate surface area is 176 Å². The normalized spacial score (nSPS) is 41.6. The second kappa shape index (κ2) is 6.87. The van der Waals surface area contributed by atoms with E-state index in [0.29, 0.717) is 36.4 Å². The number of nitrogens with one attached hydrogen (secondary N) is 2. The number of rotatable bonds is 5. The van der Waals surface area contributed by atoms with Crippen LogP contribution in [0.1, 0.15) is 55.9 Å². The first-order valence-electron chi connectivity index (χ1n) is 11.1. The van der Waals surface area contributed by atoms with E-state index < -0.39 is 11.5 Å². The van der Waals surface area contributed by atoms with Crippen molar-refractivity contribution in [1.82, 2.24) is 15.6 Å². The molecule has 4 aliphatic carbocycles. The van der Waals surface area contributed by atoms with Crippen molar-refractivity contribution in [3.63, 3.8) is 0 Å². The minimum atomic E-state index is -0.815. The average molecular weight is 411 g/mol. The number of hydrogen-bond acceptors (Lipinski definition) is 5. The number of nitrogens with zero attached hydrogens (tertiary/aromatic N) is 1. The third-order valence-corrected chi connectivity index (χ3v) is 8.42. The molecule has 7 heteroatoms. The van der Waals surface area contributed by atoms with Gasteiger partial charge in [0.05, 0.1) is 11.5 Å². The summed E-state index contributed by atoms with van der Waals surface area (Å²) >= 11 is 0. The lowest BCUT2D eigenvalue weighted by Crippen LogP contribution is -2.64. The van der Waals surface area contributed by atoms with Crippen molar-refractivity contribution in [3.05, 3.63) is 30.1 Å². The van der Waals surface area contributed by atoms with E-state index >= 15 is 0 Å². The molecule has 160 valence electrons. The van der Waals surface area contributed by atoms with Crippen molar-refractivity contribution < 1.29 is 14.4 Å². The predicted octanol–water partition coefficient (Wildman–Crippen LogP) is 1.43. The number of nitrogens with two attached hydrogens (primary N) is 1. The lowest BCUT2D eigenvalue weighted by Gasteiger charge is -2.59. The van der Waals surface area contributed by atoms with Gasteiger partial charge in [-0.05, 0) is 81.9 Å². The van der Waals surface area contributed by atoms with Gasteiger partial charge in [-0.2, -0.15) is 0 Å². The number of carbonyl (C=O) groups excluding carboxylic acids is 3. The number of primary amides is 1. The van der Waals surface area contributed by atoms with E-state index in [0.717, 1.165) is 32.1 Å². The van der Waals surface area contributed by atoms with E-state index in [1.165, 1.54) is 0 Å². The molecule has 5 fully saturated rings. The highest BCUT2D eigenvalue weighted by molar-refractivity contribution is 6.03. The van der Waals surface area contributed by atoms with Crippen LogP contribution in [0, 0.1) is 28.6 Å². The van der Waals surface area contributed by atoms with Gasteiger partial charge in [0.1, 0.15) is 5.69 Å². The molecule has 1 aromatic rings. The van der Waals surface area contributed by atoms with Crippen LogP contribution in [0.3, 0.4) is 0 Å². The van der Waals surface area contributed by atoms with Gasteiger partial charge in [0, 0.05) is 17.7 Å². The number of ketones is 1. The van der Waals surface area contributed by atoms with Crippen LogP contribution in [0.5, 0.6) is 0 Å². The van der Waals surface area contributed by atoms with Gasteiger partial charge in [0.15, 0.2) is 5.78 Å². The van der Waals surface area contributed by atoms with Gasteiger partial charge in [-0.25, -0.2) is 0 Å². The Bertz CT molecular complexity index is 872. The highest BCUT2D eigenvalue weighted by Crippen LogP contribution is 2.60. The van der Waals surface area contributed by atoms with E-state index in [1.807, 2.05) is 6.92 Å².